The van der Waals surface area contributed by atoms with E-state index in [0.29, 0.717) is 18.9 Å². The van der Waals surface area contributed by atoms with Crippen LogP contribution in [0.4, 0.5) is 5.69 Å². The van der Waals surface area contributed by atoms with E-state index in [9.17, 15) is 4.79 Å². The fraction of sp³-hybridized carbons (Fsp3) is 0.500. The first kappa shape index (κ1) is 14.0. The first-order valence-corrected chi connectivity index (χ1v) is 6.56. The molecule has 1 aliphatic heterocycles. The third-order valence-electron chi connectivity index (χ3n) is 3.26. The zero-order chi connectivity index (χ0) is 13.7. The molecule has 104 valence electrons. The summed E-state index contributed by atoms with van der Waals surface area (Å²) in [5.74, 6) is -0.212. The lowest BCUT2D eigenvalue weighted by Crippen LogP contribution is -2.41. The average Bonchev–Trinajstić information content (AvgIpc) is 2.88. The van der Waals surface area contributed by atoms with Crippen molar-refractivity contribution >= 4 is 11.6 Å². The van der Waals surface area contributed by atoms with E-state index in [1.807, 2.05) is 25.1 Å². The van der Waals surface area contributed by atoms with Gasteiger partial charge in [-0.2, -0.15) is 0 Å². The number of benzene rings is 1. The van der Waals surface area contributed by atoms with Gasteiger partial charge in [0.05, 0.1) is 25.7 Å². The van der Waals surface area contributed by atoms with E-state index in [1.54, 1.807) is 6.07 Å². The summed E-state index contributed by atoms with van der Waals surface area (Å²) < 4.78 is 5.36. The maximum atomic E-state index is 12.2. The van der Waals surface area contributed by atoms with Crippen LogP contribution in [0.1, 0.15) is 12.5 Å². The molecule has 0 saturated carbocycles. The minimum Gasteiger partial charge on any atom is -0.392 e. The predicted molar refractivity (Wildman–Crippen MR) is 72.8 cm³/mol. The Hall–Kier alpha value is -1.43. The van der Waals surface area contributed by atoms with Gasteiger partial charge in [0.25, 0.3) is 0 Å². The van der Waals surface area contributed by atoms with Crippen LogP contribution in [0.3, 0.4) is 0 Å². The van der Waals surface area contributed by atoms with E-state index >= 15 is 0 Å². The van der Waals surface area contributed by atoms with E-state index in [2.05, 4.69) is 10.6 Å². The number of likely N-dealkylation sites (N-methyl/N-ethyl adjacent to an activating group) is 1. The van der Waals surface area contributed by atoms with Gasteiger partial charge in [-0.25, -0.2) is 0 Å². The molecule has 0 bridgehead atoms. The topological polar surface area (TPSA) is 70.6 Å². The molecule has 1 amide bonds. The molecule has 1 heterocycles. The highest BCUT2D eigenvalue weighted by atomic mass is 16.5. The standard InChI is InChI=1S/C14H20N2O3/c1-2-15-13-9-19-8-12(13)14(18)16-11-5-3-4-10(6-11)7-17/h3-6,12-13,15,17H,2,7-9H2,1H3,(H,16,18). The number of ether oxygens (including phenoxy) is 1. The van der Waals surface area contributed by atoms with Crippen LogP contribution in [-0.2, 0) is 16.1 Å². The number of nitrogens with one attached hydrogen (secondary N) is 2. The first-order valence-electron chi connectivity index (χ1n) is 6.56. The van der Waals surface area contributed by atoms with Crippen LogP contribution < -0.4 is 10.6 Å². The number of anilines is 1. The van der Waals surface area contributed by atoms with Crippen molar-refractivity contribution in [3.63, 3.8) is 0 Å². The monoisotopic (exact) mass is 264 g/mol. The molecule has 1 aromatic rings. The number of hydrogen-bond donors (Lipinski definition) is 3. The summed E-state index contributed by atoms with van der Waals surface area (Å²) in [6.07, 6.45) is 0. The normalized spacial score (nSPS) is 22.4. The highest BCUT2D eigenvalue weighted by Gasteiger charge is 2.33. The molecule has 5 nitrogen and oxygen atoms in total. The Morgan fingerprint density at radius 2 is 2.32 bits per heavy atom. The van der Waals surface area contributed by atoms with Gasteiger partial charge in [0.15, 0.2) is 0 Å². The van der Waals surface area contributed by atoms with E-state index in [4.69, 9.17) is 9.84 Å². The van der Waals surface area contributed by atoms with Crippen molar-refractivity contribution in [2.45, 2.75) is 19.6 Å². The van der Waals surface area contributed by atoms with Gasteiger partial charge >= 0.3 is 0 Å². The number of aliphatic hydroxyl groups is 1. The van der Waals surface area contributed by atoms with Crippen LogP contribution in [0.2, 0.25) is 0 Å². The predicted octanol–water partition coefficient (Wildman–Crippen LogP) is 0.742. The van der Waals surface area contributed by atoms with Gasteiger partial charge in [0.2, 0.25) is 5.91 Å². The zero-order valence-corrected chi connectivity index (χ0v) is 11.1. The van der Waals surface area contributed by atoms with Crippen LogP contribution in [-0.4, -0.2) is 36.8 Å². The lowest BCUT2D eigenvalue weighted by atomic mass is 10.0. The van der Waals surface area contributed by atoms with E-state index < -0.39 is 0 Å². The van der Waals surface area contributed by atoms with Crippen molar-refractivity contribution in [1.82, 2.24) is 5.32 Å². The average molecular weight is 264 g/mol. The number of aliphatic hydroxyl groups excluding tert-OH is 1. The number of carbonyl (C=O) groups excluding carboxylic acids is 1. The van der Waals surface area contributed by atoms with Crippen molar-refractivity contribution in [2.24, 2.45) is 5.92 Å². The highest BCUT2D eigenvalue weighted by molar-refractivity contribution is 5.93. The number of carbonyl (C=O) groups is 1. The summed E-state index contributed by atoms with van der Waals surface area (Å²) in [4.78, 5) is 12.2. The first-order chi connectivity index (χ1) is 9.24. The maximum absolute atomic E-state index is 12.2. The Labute approximate surface area is 113 Å². The quantitative estimate of drug-likeness (QED) is 0.733. The van der Waals surface area contributed by atoms with Crippen molar-refractivity contribution < 1.29 is 14.6 Å². The molecule has 0 radical (unpaired) electrons. The van der Waals surface area contributed by atoms with Gasteiger partial charge in [-0.1, -0.05) is 19.1 Å². The van der Waals surface area contributed by atoms with Crippen molar-refractivity contribution in [3.8, 4) is 0 Å². The molecule has 1 saturated heterocycles. The molecule has 2 atom stereocenters. The molecule has 2 unspecified atom stereocenters. The molecule has 1 fully saturated rings. The molecule has 0 spiro atoms. The maximum Gasteiger partial charge on any atom is 0.231 e. The molecular formula is C14H20N2O3. The Balaban J connectivity index is 1.99. The van der Waals surface area contributed by atoms with Crippen LogP contribution in [0.15, 0.2) is 24.3 Å². The lowest BCUT2D eigenvalue weighted by Gasteiger charge is -2.18. The van der Waals surface area contributed by atoms with Gasteiger partial charge in [-0.15, -0.1) is 0 Å². The third-order valence-corrected chi connectivity index (χ3v) is 3.26. The molecule has 1 aliphatic rings. The minimum absolute atomic E-state index is 0.0315. The van der Waals surface area contributed by atoms with Crippen molar-refractivity contribution in [2.75, 3.05) is 25.1 Å². The molecular weight excluding hydrogens is 244 g/mol. The van der Waals surface area contributed by atoms with Crippen LogP contribution >= 0.6 is 0 Å². The fourth-order valence-corrected chi connectivity index (χ4v) is 2.26. The van der Waals surface area contributed by atoms with Gasteiger partial charge in [-0.05, 0) is 24.2 Å². The second-order valence-electron chi connectivity index (χ2n) is 4.66. The second-order valence-corrected chi connectivity index (χ2v) is 4.66. The van der Waals surface area contributed by atoms with E-state index in [1.165, 1.54) is 0 Å². The summed E-state index contributed by atoms with van der Waals surface area (Å²) in [5, 5.41) is 15.2. The smallest absolute Gasteiger partial charge is 0.231 e. The van der Waals surface area contributed by atoms with Gasteiger partial charge in [0, 0.05) is 11.7 Å². The SMILES string of the molecule is CCNC1COCC1C(=O)Nc1cccc(CO)c1. The Morgan fingerprint density at radius 1 is 1.47 bits per heavy atom. The Morgan fingerprint density at radius 3 is 3.05 bits per heavy atom. The summed E-state index contributed by atoms with van der Waals surface area (Å²) in [5.41, 5.74) is 1.49. The van der Waals surface area contributed by atoms with Crippen molar-refractivity contribution in [3.05, 3.63) is 29.8 Å². The van der Waals surface area contributed by atoms with Gasteiger partial charge in [-0.3, -0.25) is 4.79 Å². The van der Waals surface area contributed by atoms with E-state index in [-0.39, 0.29) is 24.5 Å². The number of rotatable bonds is 5. The largest absolute Gasteiger partial charge is 0.392 e. The summed E-state index contributed by atoms with van der Waals surface area (Å²) in [6.45, 7) is 3.82. The van der Waals surface area contributed by atoms with Crippen LogP contribution in [0.5, 0.6) is 0 Å². The summed E-state index contributed by atoms with van der Waals surface area (Å²) in [6, 6.07) is 7.29. The fourth-order valence-electron chi connectivity index (χ4n) is 2.26. The third kappa shape index (κ3) is 3.53. The summed E-state index contributed by atoms with van der Waals surface area (Å²) >= 11 is 0. The Kier molecular flexibility index (Phi) is 4.90. The van der Waals surface area contributed by atoms with Crippen LogP contribution in [0, 0.1) is 5.92 Å². The van der Waals surface area contributed by atoms with Gasteiger partial charge < -0.3 is 20.5 Å². The molecule has 0 aliphatic carbocycles. The highest BCUT2D eigenvalue weighted by Crippen LogP contribution is 2.17. The zero-order valence-electron chi connectivity index (χ0n) is 11.1. The number of hydrogen-bond acceptors (Lipinski definition) is 4. The molecule has 19 heavy (non-hydrogen) atoms. The molecule has 2 rings (SSSR count). The van der Waals surface area contributed by atoms with Gasteiger partial charge in [0.1, 0.15) is 0 Å². The molecule has 0 aromatic heterocycles. The lowest BCUT2D eigenvalue weighted by molar-refractivity contribution is -0.120. The minimum atomic E-state index is -0.169. The number of amides is 1. The van der Waals surface area contributed by atoms with Crippen LogP contribution in [0.25, 0.3) is 0 Å². The molecule has 1 aromatic carbocycles. The second kappa shape index (κ2) is 6.65. The molecule has 5 heteroatoms. The summed E-state index contributed by atoms with van der Waals surface area (Å²) in [7, 11) is 0. The van der Waals surface area contributed by atoms with Crippen molar-refractivity contribution in [1.29, 1.82) is 0 Å². The molecule has 3 N–H and O–H groups in total. The Bertz CT molecular complexity index is 436. The van der Waals surface area contributed by atoms with E-state index in [0.717, 1.165) is 12.1 Å².